The highest BCUT2D eigenvalue weighted by atomic mass is 16.4. The molecular formula is C9H15NO2. The smallest absolute Gasteiger partial charge is 0.306 e. The average molecular weight is 169 g/mol. The minimum Gasteiger partial charge on any atom is -0.481 e. The minimum atomic E-state index is -0.591. The largest absolute Gasteiger partial charge is 0.481 e. The Labute approximate surface area is 72.2 Å². The molecule has 3 heteroatoms. The van der Waals surface area contributed by atoms with Gasteiger partial charge in [0.2, 0.25) is 0 Å². The van der Waals surface area contributed by atoms with Crippen LogP contribution >= 0.6 is 0 Å². The fraction of sp³-hybridized carbons (Fsp3) is 0.889. The summed E-state index contributed by atoms with van der Waals surface area (Å²) in [6, 6.07) is 0. The number of hydrogen-bond donors (Lipinski definition) is 2. The van der Waals surface area contributed by atoms with Crippen LogP contribution in [0.2, 0.25) is 0 Å². The first-order chi connectivity index (χ1) is 5.79. The van der Waals surface area contributed by atoms with Crippen LogP contribution in [-0.4, -0.2) is 24.2 Å². The first-order valence-electron chi connectivity index (χ1n) is 4.72. The molecule has 0 aromatic carbocycles. The molecule has 2 rings (SSSR count). The van der Waals surface area contributed by atoms with Crippen molar-refractivity contribution in [2.45, 2.75) is 19.3 Å². The molecule has 1 aliphatic heterocycles. The van der Waals surface area contributed by atoms with E-state index in [9.17, 15) is 4.79 Å². The van der Waals surface area contributed by atoms with E-state index in [0.717, 1.165) is 25.9 Å². The summed E-state index contributed by atoms with van der Waals surface area (Å²) < 4.78 is 0. The van der Waals surface area contributed by atoms with E-state index in [-0.39, 0.29) is 5.92 Å². The number of fused-ring (bicyclic) bond motifs is 1. The van der Waals surface area contributed by atoms with Crippen molar-refractivity contribution in [1.29, 1.82) is 0 Å². The van der Waals surface area contributed by atoms with Crippen LogP contribution in [0, 0.1) is 17.8 Å². The van der Waals surface area contributed by atoms with Crippen LogP contribution in [-0.2, 0) is 4.79 Å². The lowest BCUT2D eigenvalue weighted by molar-refractivity contribution is -0.143. The maximum Gasteiger partial charge on any atom is 0.306 e. The molecular weight excluding hydrogens is 154 g/mol. The summed E-state index contributed by atoms with van der Waals surface area (Å²) in [5.74, 6) is 0.442. The predicted molar refractivity (Wildman–Crippen MR) is 44.8 cm³/mol. The summed E-state index contributed by atoms with van der Waals surface area (Å²) in [6.07, 6.45) is 3.20. The van der Waals surface area contributed by atoms with Crippen molar-refractivity contribution in [3.05, 3.63) is 0 Å². The molecule has 0 aromatic rings. The number of carbonyl (C=O) groups is 1. The molecule has 0 unspecified atom stereocenters. The second-order valence-corrected chi connectivity index (χ2v) is 3.94. The zero-order valence-corrected chi connectivity index (χ0v) is 7.12. The van der Waals surface area contributed by atoms with E-state index in [0.29, 0.717) is 11.8 Å². The minimum absolute atomic E-state index is 0.0669. The molecule has 2 fully saturated rings. The molecule has 0 radical (unpaired) electrons. The quantitative estimate of drug-likeness (QED) is 0.607. The van der Waals surface area contributed by atoms with Gasteiger partial charge >= 0.3 is 5.97 Å². The van der Waals surface area contributed by atoms with Gasteiger partial charge in [0.1, 0.15) is 0 Å². The van der Waals surface area contributed by atoms with Gasteiger partial charge in [0.25, 0.3) is 0 Å². The topological polar surface area (TPSA) is 49.3 Å². The van der Waals surface area contributed by atoms with Gasteiger partial charge in [0.05, 0.1) is 5.92 Å². The van der Waals surface area contributed by atoms with E-state index in [4.69, 9.17) is 5.11 Å². The Morgan fingerprint density at radius 2 is 2.17 bits per heavy atom. The Morgan fingerprint density at radius 3 is 2.92 bits per heavy atom. The van der Waals surface area contributed by atoms with Gasteiger partial charge in [-0.05, 0) is 44.2 Å². The highest BCUT2D eigenvalue weighted by molar-refractivity contribution is 5.70. The van der Waals surface area contributed by atoms with Crippen molar-refractivity contribution in [1.82, 2.24) is 5.32 Å². The fourth-order valence-electron chi connectivity index (χ4n) is 2.68. The van der Waals surface area contributed by atoms with Gasteiger partial charge in [0.15, 0.2) is 0 Å². The fourth-order valence-corrected chi connectivity index (χ4v) is 2.68. The maximum atomic E-state index is 10.8. The van der Waals surface area contributed by atoms with Gasteiger partial charge in [-0.25, -0.2) is 0 Å². The normalized spacial score (nSPS) is 40.8. The van der Waals surface area contributed by atoms with Crippen molar-refractivity contribution in [2.24, 2.45) is 17.8 Å². The van der Waals surface area contributed by atoms with Crippen LogP contribution in [0.1, 0.15) is 19.3 Å². The molecule has 1 heterocycles. The monoisotopic (exact) mass is 169 g/mol. The van der Waals surface area contributed by atoms with Crippen LogP contribution in [0.15, 0.2) is 0 Å². The Bertz CT molecular complexity index is 193. The van der Waals surface area contributed by atoms with Gasteiger partial charge in [0, 0.05) is 0 Å². The highest BCUT2D eigenvalue weighted by Crippen LogP contribution is 2.40. The molecule has 68 valence electrons. The third-order valence-corrected chi connectivity index (χ3v) is 3.36. The van der Waals surface area contributed by atoms with E-state index in [2.05, 4.69) is 5.32 Å². The second-order valence-electron chi connectivity index (χ2n) is 3.94. The van der Waals surface area contributed by atoms with Gasteiger partial charge in [-0.3, -0.25) is 4.79 Å². The molecule has 2 aliphatic rings. The molecule has 0 bridgehead atoms. The molecule has 3 atom stereocenters. The van der Waals surface area contributed by atoms with Crippen LogP contribution in [0.3, 0.4) is 0 Å². The second kappa shape index (κ2) is 3.05. The number of carboxylic acids is 1. The SMILES string of the molecule is O=C(O)[C@@H]1CC[C@@H]2CCNC[C@@H]21. The molecule has 1 saturated carbocycles. The molecule has 3 nitrogen and oxygen atoms in total. The number of carboxylic acid groups (broad SMARTS) is 1. The molecule has 1 saturated heterocycles. The first kappa shape index (κ1) is 8.05. The zero-order chi connectivity index (χ0) is 8.55. The van der Waals surface area contributed by atoms with Crippen molar-refractivity contribution in [3.63, 3.8) is 0 Å². The molecule has 0 spiro atoms. The molecule has 1 aliphatic carbocycles. The Kier molecular flexibility index (Phi) is 2.05. The Hall–Kier alpha value is -0.570. The third-order valence-electron chi connectivity index (χ3n) is 3.36. The van der Waals surface area contributed by atoms with Crippen LogP contribution in [0.4, 0.5) is 0 Å². The van der Waals surface area contributed by atoms with Crippen molar-refractivity contribution < 1.29 is 9.90 Å². The summed E-state index contributed by atoms with van der Waals surface area (Å²) in [5.41, 5.74) is 0. The lowest BCUT2D eigenvalue weighted by Crippen LogP contribution is -2.38. The average Bonchev–Trinajstić information content (AvgIpc) is 2.47. The number of nitrogens with one attached hydrogen (secondary N) is 1. The van der Waals surface area contributed by atoms with E-state index in [1.165, 1.54) is 6.42 Å². The summed E-state index contributed by atoms with van der Waals surface area (Å²) in [6.45, 7) is 2.00. The predicted octanol–water partition coefficient (Wildman–Crippen LogP) is 0.707. The Morgan fingerprint density at radius 1 is 1.33 bits per heavy atom. The van der Waals surface area contributed by atoms with E-state index < -0.39 is 5.97 Å². The third kappa shape index (κ3) is 1.22. The maximum absolute atomic E-state index is 10.8. The van der Waals surface area contributed by atoms with Gasteiger partial charge in [-0.15, -0.1) is 0 Å². The number of aliphatic carboxylic acids is 1. The van der Waals surface area contributed by atoms with Crippen molar-refractivity contribution in [3.8, 4) is 0 Å². The standard InChI is InChI=1S/C9H15NO2/c11-9(12)7-2-1-6-3-4-10-5-8(6)7/h6-8,10H,1-5H2,(H,11,12)/t6-,7-,8+/m1/s1. The van der Waals surface area contributed by atoms with Crippen LogP contribution in [0.25, 0.3) is 0 Å². The highest BCUT2D eigenvalue weighted by Gasteiger charge is 2.40. The van der Waals surface area contributed by atoms with Crippen LogP contribution in [0.5, 0.6) is 0 Å². The van der Waals surface area contributed by atoms with Crippen LogP contribution < -0.4 is 5.32 Å². The van der Waals surface area contributed by atoms with E-state index in [1.807, 2.05) is 0 Å². The van der Waals surface area contributed by atoms with Gasteiger partial charge in [-0.1, -0.05) is 0 Å². The van der Waals surface area contributed by atoms with Crippen molar-refractivity contribution >= 4 is 5.97 Å². The Balaban J connectivity index is 2.05. The number of piperidine rings is 1. The number of rotatable bonds is 1. The lowest BCUT2D eigenvalue weighted by Gasteiger charge is -2.28. The summed E-state index contributed by atoms with van der Waals surface area (Å²) in [5, 5.41) is 12.2. The first-order valence-corrected chi connectivity index (χ1v) is 4.72. The van der Waals surface area contributed by atoms with E-state index in [1.54, 1.807) is 0 Å². The van der Waals surface area contributed by atoms with Gasteiger partial charge in [-0.2, -0.15) is 0 Å². The van der Waals surface area contributed by atoms with Crippen molar-refractivity contribution in [2.75, 3.05) is 13.1 Å². The molecule has 0 aromatic heterocycles. The summed E-state index contributed by atoms with van der Waals surface area (Å²) in [4.78, 5) is 10.8. The molecule has 2 N–H and O–H groups in total. The summed E-state index contributed by atoms with van der Waals surface area (Å²) >= 11 is 0. The summed E-state index contributed by atoms with van der Waals surface area (Å²) in [7, 11) is 0. The van der Waals surface area contributed by atoms with E-state index >= 15 is 0 Å². The number of hydrogen-bond acceptors (Lipinski definition) is 2. The molecule has 12 heavy (non-hydrogen) atoms. The van der Waals surface area contributed by atoms with Gasteiger partial charge < -0.3 is 10.4 Å². The zero-order valence-electron chi connectivity index (χ0n) is 7.12. The molecule has 0 amide bonds. The lowest BCUT2D eigenvalue weighted by atomic mass is 9.85.